The topological polar surface area (TPSA) is 68.3 Å². The summed E-state index contributed by atoms with van der Waals surface area (Å²) in [5.41, 5.74) is 0.965. The number of hydrogen-bond acceptors (Lipinski definition) is 4. The first-order valence-electron chi connectivity index (χ1n) is 6.24. The number of nitro groups is 1. The van der Waals surface area contributed by atoms with Crippen LogP contribution >= 0.6 is 15.9 Å². The first-order valence-corrected chi connectivity index (χ1v) is 7.03. The van der Waals surface area contributed by atoms with Crippen molar-refractivity contribution < 1.29 is 9.34 Å². The molecule has 5 nitrogen and oxygen atoms in total. The van der Waals surface area contributed by atoms with Gasteiger partial charge in [0.2, 0.25) is 0 Å². The maximum absolute atomic E-state index is 10.8. The van der Waals surface area contributed by atoms with Crippen molar-refractivity contribution in [1.82, 2.24) is 5.32 Å². The van der Waals surface area contributed by atoms with Crippen LogP contribution in [0.4, 0.5) is 5.69 Å². The number of furan rings is 1. The number of nitrogens with one attached hydrogen (secondary N) is 1. The summed E-state index contributed by atoms with van der Waals surface area (Å²) in [6.07, 6.45) is 2.43. The molecule has 1 unspecified atom stereocenters. The van der Waals surface area contributed by atoms with Crippen LogP contribution in [0.15, 0.2) is 45.5 Å². The summed E-state index contributed by atoms with van der Waals surface area (Å²) >= 11 is 3.29. The summed E-state index contributed by atoms with van der Waals surface area (Å²) in [4.78, 5) is 10.4. The van der Waals surface area contributed by atoms with E-state index in [0.29, 0.717) is 11.0 Å². The van der Waals surface area contributed by atoms with Crippen molar-refractivity contribution in [2.24, 2.45) is 0 Å². The Kier molecular flexibility index (Phi) is 4.92. The van der Waals surface area contributed by atoms with E-state index in [1.165, 1.54) is 6.07 Å². The molecule has 0 radical (unpaired) electrons. The van der Waals surface area contributed by atoms with Gasteiger partial charge >= 0.3 is 0 Å². The maximum Gasteiger partial charge on any atom is 0.270 e. The molecule has 0 amide bonds. The summed E-state index contributed by atoms with van der Waals surface area (Å²) in [6.45, 7) is 2.62. The molecule has 0 bridgehead atoms. The van der Waals surface area contributed by atoms with E-state index < -0.39 is 0 Å². The third-order valence-corrected chi connectivity index (χ3v) is 3.35. The lowest BCUT2D eigenvalue weighted by Crippen LogP contribution is -2.27. The zero-order valence-electron chi connectivity index (χ0n) is 11.0. The van der Waals surface area contributed by atoms with Crippen LogP contribution in [0.1, 0.15) is 18.2 Å². The monoisotopic (exact) mass is 338 g/mol. The van der Waals surface area contributed by atoms with Crippen molar-refractivity contribution >= 4 is 21.6 Å². The van der Waals surface area contributed by atoms with E-state index in [4.69, 9.17) is 4.42 Å². The van der Waals surface area contributed by atoms with Crippen molar-refractivity contribution in [3.8, 4) is 0 Å². The van der Waals surface area contributed by atoms with E-state index in [2.05, 4.69) is 28.2 Å². The van der Waals surface area contributed by atoms with Gasteiger partial charge in [0.05, 0.1) is 11.2 Å². The molecule has 0 saturated heterocycles. The summed E-state index contributed by atoms with van der Waals surface area (Å²) < 4.78 is 6.00. The van der Waals surface area contributed by atoms with Gasteiger partial charge in [-0.15, -0.1) is 0 Å². The van der Waals surface area contributed by atoms with Gasteiger partial charge in [-0.3, -0.25) is 10.1 Å². The molecule has 6 heteroatoms. The summed E-state index contributed by atoms with van der Waals surface area (Å²) in [5.74, 6) is 0.922. The first kappa shape index (κ1) is 14.7. The second kappa shape index (κ2) is 6.67. The number of nitro benzene ring substituents is 1. The van der Waals surface area contributed by atoms with Crippen molar-refractivity contribution in [2.45, 2.75) is 25.9 Å². The molecule has 106 valence electrons. The molecule has 1 heterocycles. The maximum atomic E-state index is 10.8. The van der Waals surface area contributed by atoms with Crippen LogP contribution in [0.2, 0.25) is 0 Å². The van der Waals surface area contributed by atoms with Crippen LogP contribution < -0.4 is 5.32 Å². The molecule has 1 N–H and O–H groups in total. The van der Waals surface area contributed by atoms with Gasteiger partial charge < -0.3 is 9.73 Å². The van der Waals surface area contributed by atoms with Crippen LogP contribution in [0.25, 0.3) is 0 Å². The van der Waals surface area contributed by atoms with E-state index >= 15 is 0 Å². The molecule has 0 fully saturated rings. The SMILES string of the molecule is CC(Cc1ccco1)NCc1cc(Br)cc([N+](=O)[O-])c1. The highest BCUT2D eigenvalue weighted by molar-refractivity contribution is 9.10. The van der Waals surface area contributed by atoms with Crippen LogP contribution in [-0.2, 0) is 13.0 Å². The smallest absolute Gasteiger partial charge is 0.270 e. The fourth-order valence-electron chi connectivity index (χ4n) is 1.94. The van der Waals surface area contributed by atoms with E-state index in [0.717, 1.165) is 17.7 Å². The predicted molar refractivity (Wildman–Crippen MR) is 79.5 cm³/mol. The second-order valence-electron chi connectivity index (χ2n) is 4.64. The van der Waals surface area contributed by atoms with Crippen molar-refractivity contribution in [2.75, 3.05) is 0 Å². The highest BCUT2D eigenvalue weighted by Crippen LogP contribution is 2.21. The number of hydrogen-bond donors (Lipinski definition) is 1. The Labute approximate surface area is 125 Å². The summed E-state index contributed by atoms with van der Waals surface area (Å²) in [5, 5.41) is 14.1. The van der Waals surface area contributed by atoms with Crippen LogP contribution in [0.5, 0.6) is 0 Å². The van der Waals surface area contributed by atoms with Crippen molar-refractivity contribution in [3.63, 3.8) is 0 Å². The first-order chi connectivity index (χ1) is 9.54. The average Bonchev–Trinajstić information content (AvgIpc) is 2.88. The fraction of sp³-hybridized carbons (Fsp3) is 0.286. The minimum absolute atomic E-state index is 0.0925. The molecule has 0 spiro atoms. The minimum atomic E-state index is -0.388. The van der Waals surface area contributed by atoms with Crippen molar-refractivity contribution in [3.05, 3.63) is 62.5 Å². The lowest BCUT2D eigenvalue weighted by Gasteiger charge is -2.12. The highest BCUT2D eigenvalue weighted by atomic mass is 79.9. The molecule has 1 aromatic carbocycles. The Morgan fingerprint density at radius 2 is 2.25 bits per heavy atom. The Bertz CT molecular complexity index is 584. The quantitative estimate of drug-likeness (QED) is 0.644. The number of halogens is 1. The zero-order valence-corrected chi connectivity index (χ0v) is 12.6. The predicted octanol–water partition coefficient (Wildman–Crippen LogP) is 3.67. The van der Waals surface area contributed by atoms with Gasteiger partial charge in [-0.1, -0.05) is 15.9 Å². The molecule has 1 aromatic heterocycles. The fourth-order valence-corrected chi connectivity index (χ4v) is 2.46. The van der Waals surface area contributed by atoms with Gasteiger partial charge in [0.15, 0.2) is 0 Å². The molecule has 0 saturated carbocycles. The Hall–Kier alpha value is -1.66. The van der Waals surface area contributed by atoms with Gasteiger partial charge in [-0.05, 0) is 30.7 Å². The van der Waals surface area contributed by atoms with E-state index in [1.54, 1.807) is 12.3 Å². The average molecular weight is 339 g/mol. The van der Waals surface area contributed by atoms with Gasteiger partial charge in [-0.2, -0.15) is 0 Å². The molecular weight excluding hydrogens is 324 g/mol. The number of rotatable bonds is 6. The molecule has 0 aliphatic carbocycles. The highest BCUT2D eigenvalue weighted by Gasteiger charge is 2.10. The standard InChI is InChI=1S/C14H15BrN2O3/c1-10(5-14-3-2-4-20-14)16-9-11-6-12(15)8-13(7-11)17(18)19/h2-4,6-8,10,16H,5,9H2,1H3. The van der Waals surface area contributed by atoms with E-state index in [9.17, 15) is 10.1 Å². The Morgan fingerprint density at radius 3 is 2.90 bits per heavy atom. The van der Waals surface area contributed by atoms with E-state index in [1.807, 2.05) is 18.2 Å². The van der Waals surface area contributed by atoms with Crippen molar-refractivity contribution in [1.29, 1.82) is 0 Å². The Balaban J connectivity index is 1.94. The van der Waals surface area contributed by atoms with Gasteiger partial charge in [0.1, 0.15) is 5.76 Å². The molecule has 20 heavy (non-hydrogen) atoms. The summed E-state index contributed by atoms with van der Waals surface area (Å²) in [6, 6.07) is 8.97. The number of benzene rings is 1. The normalized spacial score (nSPS) is 12.3. The third kappa shape index (κ3) is 4.18. The second-order valence-corrected chi connectivity index (χ2v) is 5.56. The minimum Gasteiger partial charge on any atom is -0.469 e. The van der Waals surface area contributed by atoms with Gasteiger partial charge in [-0.25, -0.2) is 0 Å². The largest absolute Gasteiger partial charge is 0.469 e. The lowest BCUT2D eigenvalue weighted by atomic mass is 10.1. The van der Waals surface area contributed by atoms with Gasteiger partial charge in [0.25, 0.3) is 5.69 Å². The molecule has 1 atom stereocenters. The summed E-state index contributed by atoms with van der Waals surface area (Å²) in [7, 11) is 0. The Morgan fingerprint density at radius 1 is 1.45 bits per heavy atom. The number of nitrogens with zero attached hydrogens (tertiary/aromatic N) is 1. The molecule has 0 aliphatic rings. The molecule has 2 rings (SSSR count). The molecular formula is C14H15BrN2O3. The molecule has 2 aromatic rings. The lowest BCUT2D eigenvalue weighted by molar-refractivity contribution is -0.385. The van der Waals surface area contributed by atoms with Crippen LogP contribution in [0.3, 0.4) is 0 Å². The zero-order chi connectivity index (χ0) is 14.5. The van der Waals surface area contributed by atoms with E-state index in [-0.39, 0.29) is 16.7 Å². The number of non-ortho nitro benzene ring substituents is 1. The van der Waals surface area contributed by atoms with Crippen LogP contribution in [0, 0.1) is 10.1 Å². The molecule has 0 aliphatic heterocycles. The third-order valence-electron chi connectivity index (χ3n) is 2.90. The van der Waals surface area contributed by atoms with Crippen LogP contribution in [-0.4, -0.2) is 11.0 Å². The van der Waals surface area contributed by atoms with Gasteiger partial charge in [0, 0.05) is 35.6 Å².